The minimum Gasteiger partial charge on any atom is -0.318 e. The van der Waals surface area contributed by atoms with E-state index in [9.17, 15) is 9.59 Å². The van der Waals surface area contributed by atoms with Gasteiger partial charge >= 0.3 is 0 Å². The first-order valence-electron chi connectivity index (χ1n) is 7.28. The van der Waals surface area contributed by atoms with Crippen LogP contribution in [0.4, 0.5) is 0 Å². The lowest BCUT2D eigenvalue weighted by atomic mass is 10.0. The van der Waals surface area contributed by atoms with Gasteiger partial charge in [-0.25, -0.2) is 0 Å². The van der Waals surface area contributed by atoms with E-state index in [1.165, 1.54) is 16.2 Å². The van der Waals surface area contributed by atoms with E-state index in [4.69, 9.17) is 0 Å². The smallest absolute Gasteiger partial charge is 0.250 e. The van der Waals surface area contributed by atoms with Crippen LogP contribution < -0.4 is 5.56 Å². The summed E-state index contributed by atoms with van der Waals surface area (Å²) in [5, 5.41) is 0. The normalized spacial score (nSPS) is 15.7. The number of nitrogens with zero attached hydrogens (tertiary/aromatic N) is 2. The Labute approximate surface area is 129 Å². The Hall–Kier alpha value is -2.46. The molecule has 4 heteroatoms. The van der Waals surface area contributed by atoms with Crippen molar-refractivity contribution >= 4 is 11.4 Å². The fourth-order valence-electron chi connectivity index (χ4n) is 2.71. The molecule has 3 rings (SSSR count). The molecule has 0 N–H and O–H groups in total. The van der Waals surface area contributed by atoms with Gasteiger partial charge in [0.25, 0.3) is 0 Å². The van der Waals surface area contributed by atoms with Gasteiger partial charge in [0.2, 0.25) is 5.56 Å². The van der Waals surface area contributed by atoms with Crippen molar-refractivity contribution in [2.24, 2.45) is 7.05 Å². The summed E-state index contributed by atoms with van der Waals surface area (Å²) in [6.45, 7) is 1.89. The highest BCUT2D eigenvalue weighted by molar-refractivity contribution is 6.00. The van der Waals surface area contributed by atoms with E-state index in [-0.39, 0.29) is 11.3 Å². The van der Waals surface area contributed by atoms with E-state index < -0.39 is 0 Å². The highest BCUT2D eigenvalue weighted by Gasteiger charge is 2.19. The topological polar surface area (TPSA) is 42.3 Å². The van der Waals surface area contributed by atoms with E-state index in [1.54, 1.807) is 25.4 Å². The maximum Gasteiger partial charge on any atom is 0.250 e. The number of carbonyl (C=O) groups excluding carboxylic acids is 1. The molecule has 0 saturated heterocycles. The summed E-state index contributed by atoms with van der Waals surface area (Å²) in [5.41, 5.74) is 3.03. The van der Waals surface area contributed by atoms with Crippen molar-refractivity contribution in [3.63, 3.8) is 0 Å². The van der Waals surface area contributed by atoms with E-state index in [0.29, 0.717) is 13.1 Å². The molecule has 0 amide bonds. The molecule has 0 fully saturated rings. The Balaban J connectivity index is 1.82. The summed E-state index contributed by atoms with van der Waals surface area (Å²) in [6.07, 6.45) is 3.48. The molecule has 0 bridgehead atoms. The van der Waals surface area contributed by atoms with Gasteiger partial charge in [-0.2, -0.15) is 0 Å². The maximum absolute atomic E-state index is 12.0. The lowest BCUT2D eigenvalue weighted by Gasteiger charge is -2.26. The van der Waals surface area contributed by atoms with Crippen LogP contribution in [0.1, 0.15) is 11.1 Å². The Kier molecular flexibility index (Phi) is 4.02. The van der Waals surface area contributed by atoms with Gasteiger partial charge < -0.3 is 4.57 Å². The molecule has 4 nitrogen and oxygen atoms in total. The van der Waals surface area contributed by atoms with Crippen LogP contribution in [-0.2, 0) is 18.4 Å². The molecule has 0 atom stereocenters. The number of aryl methyl sites for hydroxylation is 1. The second-order valence-corrected chi connectivity index (χ2v) is 5.63. The fraction of sp³-hybridized carbons (Fsp3) is 0.222. The number of hydrogen-bond donors (Lipinski definition) is 0. The third kappa shape index (κ3) is 3.23. The van der Waals surface area contributed by atoms with E-state index in [0.717, 1.165) is 17.7 Å². The van der Waals surface area contributed by atoms with Gasteiger partial charge in [0.1, 0.15) is 0 Å². The molecular weight excluding hydrogens is 276 g/mol. The van der Waals surface area contributed by atoms with Crippen molar-refractivity contribution in [1.29, 1.82) is 0 Å². The molecule has 0 unspecified atom stereocenters. The highest BCUT2D eigenvalue weighted by Crippen LogP contribution is 2.20. The zero-order valence-corrected chi connectivity index (χ0v) is 12.5. The Morgan fingerprint density at radius 1 is 1.00 bits per heavy atom. The summed E-state index contributed by atoms with van der Waals surface area (Å²) in [6, 6.07) is 13.4. The number of carbonyl (C=O) groups is 1. The number of rotatable bonds is 3. The lowest BCUT2D eigenvalue weighted by Crippen LogP contribution is -2.34. The quantitative estimate of drug-likeness (QED) is 0.867. The predicted molar refractivity (Wildman–Crippen MR) is 86.4 cm³/mol. The number of aromatic nitrogens is 1. The van der Waals surface area contributed by atoms with Gasteiger partial charge in [-0.15, -0.1) is 0 Å². The van der Waals surface area contributed by atoms with Gasteiger partial charge in [-0.1, -0.05) is 30.3 Å². The summed E-state index contributed by atoms with van der Waals surface area (Å²) >= 11 is 0. The summed E-state index contributed by atoms with van der Waals surface area (Å²) < 4.78 is 1.54. The molecule has 0 spiro atoms. The van der Waals surface area contributed by atoms with Gasteiger partial charge in [0, 0.05) is 32.4 Å². The first-order valence-corrected chi connectivity index (χ1v) is 7.28. The SMILES string of the molecule is Cn1cc(C2=CC(=O)CN(Cc3ccccc3)C2)ccc1=O. The van der Waals surface area contributed by atoms with Crippen LogP contribution >= 0.6 is 0 Å². The maximum atomic E-state index is 12.0. The van der Waals surface area contributed by atoms with Crippen molar-refractivity contribution in [1.82, 2.24) is 9.47 Å². The molecule has 0 aliphatic carbocycles. The number of pyridine rings is 1. The fourth-order valence-corrected chi connectivity index (χ4v) is 2.71. The van der Waals surface area contributed by atoms with E-state index in [1.807, 2.05) is 18.2 Å². The molecular formula is C18H18N2O2. The molecule has 0 saturated carbocycles. The second-order valence-electron chi connectivity index (χ2n) is 5.63. The van der Waals surface area contributed by atoms with Crippen molar-refractivity contribution in [2.75, 3.05) is 13.1 Å². The van der Waals surface area contributed by atoms with Crippen LogP contribution in [0.5, 0.6) is 0 Å². The van der Waals surface area contributed by atoms with Crippen LogP contribution in [0.25, 0.3) is 5.57 Å². The van der Waals surface area contributed by atoms with Crippen molar-refractivity contribution in [3.8, 4) is 0 Å². The zero-order valence-electron chi connectivity index (χ0n) is 12.5. The molecule has 1 aromatic heterocycles. The number of hydrogen-bond acceptors (Lipinski definition) is 3. The highest BCUT2D eigenvalue weighted by atomic mass is 16.1. The van der Waals surface area contributed by atoms with Crippen LogP contribution in [-0.4, -0.2) is 28.3 Å². The van der Waals surface area contributed by atoms with Crippen LogP contribution in [0, 0.1) is 0 Å². The number of benzene rings is 1. The molecule has 0 radical (unpaired) electrons. The average Bonchev–Trinajstić information content (AvgIpc) is 2.50. The Morgan fingerprint density at radius 2 is 1.77 bits per heavy atom. The van der Waals surface area contributed by atoms with Crippen LogP contribution in [0.2, 0.25) is 0 Å². The standard InChI is InChI=1S/C18H18N2O2/c1-19-11-15(7-8-18(19)22)16-9-17(21)13-20(12-16)10-14-5-3-2-4-6-14/h2-9,11H,10,12-13H2,1H3. The molecule has 112 valence electrons. The molecule has 1 aromatic carbocycles. The molecule has 2 aromatic rings. The van der Waals surface area contributed by atoms with Gasteiger partial charge in [-0.05, 0) is 28.8 Å². The van der Waals surface area contributed by atoms with Crippen LogP contribution in [0.3, 0.4) is 0 Å². The summed E-state index contributed by atoms with van der Waals surface area (Å²) in [5.74, 6) is 0.103. The monoisotopic (exact) mass is 294 g/mol. The van der Waals surface area contributed by atoms with Crippen LogP contribution in [0.15, 0.2) is 59.5 Å². The van der Waals surface area contributed by atoms with E-state index in [2.05, 4.69) is 17.0 Å². The summed E-state index contributed by atoms with van der Waals surface area (Å²) in [4.78, 5) is 25.6. The van der Waals surface area contributed by atoms with Gasteiger partial charge in [0.05, 0.1) is 6.54 Å². The Bertz CT molecular complexity index is 775. The Morgan fingerprint density at radius 3 is 2.50 bits per heavy atom. The zero-order chi connectivity index (χ0) is 15.5. The van der Waals surface area contributed by atoms with Crippen molar-refractivity contribution in [2.45, 2.75) is 6.54 Å². The number of ketones is 1. The molecule has 1 aliphatic heterocycles. The second kappa shape index (κ2) is 6.12. The first-order chi connectivity index (χ1) is 10.6. The molecule has 1 aliphatic rings. The minimum absolute atomic E-state index is 0.0485. The molecule has 2 heterocycles. The lowest BCUT2D eigenvalue weighted by molar-refractivity contribution is -0.116. The average molecular weight is 294 g/mol. The summed E-state index contributed by atoms with van der Waals surface area (Å²) in [7, 11) is 1.72. The molecule has 22 heavy (non-hydrogen) atoms. The third-order valence-electron chi connectivity index (χ3n) is 3.81. The van der Waals surface area contributed by atoms with Gasteiger partial charge in [-0.3, -0.25) is 14.5 Å². The van der Waals surface area contributed by atoms with Gasteiger partial charge in [0.15, 0.2) is 5.78 Å². The van der Waals surface area contributed by atoms with Crippen molar-refractivity contribution < 1.29 is 4.79 Å². The largest absolute Gasteiger partial charge is 0.318 e. The third-order valence-corrected chi connectivity index (χ3v) is 3.81. The van der Waals surface area contributed by atoms with E-state index >= 15 is 0 Å². The van der Waals surface area contributed by atoms with Crippen molar-refractivity contribution in [3.05, 3.63) is 76.2 Å². The minimum atomic E-state index is -0.0485. The predicted octanol–water partition coefficient (Wildman–Crippen LogP) is 1.85. The first kappa shape index (κ1) is 14.5.